The first kappa shape index (κ1) is 24.1. The van der Waals surface area contributed by atoms with Crippen LogP contribution in [0.25, 0.3) is 0 Å². The van der Waals surface area contributed by atoms with Crippen LogP contribution >= 0.6 is 0 Å². The molecule has 0 aliphatic carbocycles. The second kappa shape index (κ2) is 10.9. The number of nitrogens with zero attached hydrogens (tertiary/aromatic N) is 4. The second-order valence-electron chi connectivity index (χ2n) is 7.55. The van der Waals surface area contributed by atoms with Gasteiger partial charge in [0, 0.05) is 47.3 Å². The molecule has 1 aliphatic heterocycles. The van der Waals surface area contributed by atoms with E-state index in [1.165, 1.54) is 24.2 Å². The Labute approximate surface area is 196 Å². The van der Waals surface area contributed by atoms with Gasteiger partial charge in [-0.3, -0.25) is 9.52 Å². The number of rotatable bonds is 7. The Kier molecular flexibility index (Phi) is 7.96. The van der Waals surface area contributed by atoms with E-state index < -0.39 is 10.0 Å². The van der Waals surface area contributed by atoms with Gasteiger partial charge in [-0.25, -0.2) is 18.4 Å². The van der Waals surface area contributed by atoms with Gasteiger partial charge >= 0.3 is 0 Å². The molecular formula is C23H31N5O4S. The number of hydrogen-bond donors (Lipinski definition) is 1. The van der Waals surface area contributed by atoms with Crippen LogP contribution < -0.4 is 9.62 Å². The lowest BCUT2D eigenvalue weighted by Crippen LogP contribution is -2.48. The molecule has 3 aromatic rings. The minimum absolute atomic E-state index is 0. The van der Waals surface area contributed by atoms with Crippen LogP contribution in [0.1, 0.15) is 14.8 Å². The summed E-state index contributed by atoms with van der Waals surface area (Å²) >= 11 is 0. The average molecular weight is 474 g/mol. The molecule has 1 aromatic heterocycles. The Morgan fingerprint density at radius 3 is 2.30 bits per heavy atom. The van der Waals surface area contributed by atoms with E-state index in [0.717, 1.165) is 12.1 Å². The SMILES string of the molecule is O.O=C(CCc1ccccc1)N1CCN(c2ccc(S(=O)(=O)Nc3ccncn3)cc2)CC1.[HH].[HH]. The number of carbonyl (C=O) groups is 1. The van der Waals surface area contributed by atoms with Crippen LogP contribution in [0.4, 0.5) is 11.5 Å². The molecule has 0 bridgehead atoms. The van der Waals surface area contributed by atoms with Crippen molar-refractivity contribution in [3.8, 4) is 0 Å². The van der Waals surface area contributed by atoms with E-state index >= 15 is 0 Å². The Morgan fingerprint density at radius 1 is 0.970 bits per heavy atom. The number of anilines is 2. The average Bonchev–Trinajstić information content (AvgIpc) is 2.84. The summed E-state index contributed by atoms with van der Waals surface area (Å²) in [5.41, 5.74) is 2.10. The minimum atomic E-state index is -3.72. The Morgan fingerprint density at radius 2 is 1.67 bits per heavy atom. The lowest BCUT2D eigenvalue weighted by atomic mass is 10.1. The van der Waals surface area contributed by atoms with Gasteiger partial charge in [-0.15, -0.1) is 0 Å². The molecule has 9 nitrogen and oxygen atoms in total. The second-order valence-corrected chi connectivity index (χ2v) is 9.23. The van der Waals surface area contributed by atoms with Crippen molar-refractivity contribution in [3.63, 3.8) is 0 Å². The van der Waals surface area contributed by atoms with Gasteiger partial charge in [-0.1, -0.05) is 30.3 Å². The number of benzene rings is 2. The molecule has 33 heavy (non-hydrogen) atoms. The molecule has 0 atom stereocenters. The topological polar surface area (TPSA) is 127 Å². The number of carbonyl (C=O) groups excluding carboxylic acids is 1. The number of aromatic nitrogens is 2. The molecule has 1 saturated heterocycles. The maximum Gasteiger partial charge on any atom is 0.263 e. The van der Waals surface area contributed by atoms with Crippen LogP contribution in [0.2, 0.25) is 0 Å². The smallest absolute Gasteiger partial charge is 0.263 e. The quantitative estimate of drug-likeness (QED) is 0.561. The fourth-order valence-electron chi connectivity index (χ4n) is 3.65. The number of piperazine rings is 1. The first-order valence-electron chi connectivity index (χ1n) is 10.5. The molecule has 0 radical (unpaired) electrons. The Hall–Kier alpha value is -3.50. The van der Waals surface area contributed by atoms with Gasteiger partial charge in [0.15, 0.2) is 0 Å². The van der Waals surface area contributed by atoms with Crippen molar-refractivity contribution in [1.82, 2.24) is 14.9 Å². The summed E-state index contributed by atoms with van der Waals surface area (Å²) in [6.07, 6.45) is 4.02. The third kappa shape index (κ3) is 6.27. The molecule has 0 saturated carbocycles. The van der Waals surface area contributed by atoms with Gasteiger partial charge in [0.25, 0.3) is 10.0 Å². The zero-order valence-electron chi connectivity index (χ0n) is 18.1. The zero-order valence-corrected chi connectivity index (χ0v) is 18.9. The summed E-state index contributed by atoms with van der Waals surface area (Å²) in [6, 6.07) is 18.3. The van der Waals surface area contributed by atoms with E-state index in [1.807, 2.05) is 35.2 Å². The molecule has 1 fully saturated rings. The highest BCUT2D eigenvalue weighted by molar-refractivity contribution is 7.92. The molecule has 2 heterocycles. The third-order valence-corrected chi connectivity index (χ3v) is 6.81. The monoisotopic (exact) mass is 473 g/mol. The van der Waals surface area contributed by atoms with Gasteiger partial charge in [0.05, 0.1) is 4.90 Å². The zero-order chi connectivity index (χ0) is 22.4. The van der Waals surface area contributed by atoms with Crippen molar-refractivity contribution in [2.75, 3.05) is 35.8 Å². The molecule has 0 unspecified atom stereocenters. The molecular weight excluding hydrogens is 442 g/mol. The molecule has 178 valence electrons. The predicted molar refractivity (Wildman–Crippen MR) is 131 cm³/mol. The summed E-state index contributed by atoms with van der Waals surface area (Å²) in [6.45, 7) is 2.73. The molecule has 1 aliphatic rings. The highest BCUT2D eigenvalue weighted by Crippen LogP contribution is 2.21. The molecule has 1 amide bonds. The first-order chi connectivity index (χ1) is 15.5. The number of nitrogens with one attached hydrogen (secondary N) is 1. The molecule has 10 heteroatoms. The van der Waals surface area contributed by atoms with Gasteiger partial charge in [-0.05, 0) is 42.3 Å². The van der Waals surface area contributed by atoms with Crippen LogP contribution in [-0.4, -0.2) is 60.8 Å². The highest BCUT2D eigenvalue weighted by Gasteiger charge is 2.22. The third-order valence-electron chi connectivity index (χ3n) is 5.44. The molecule has 3 N–H and O–H groups in total. The van der Waals surface area contributed by atoms with Crippen LogP contribution in [0, 0.1) is 0 Å². The molecule has 0 spiro atoms. The maximum atomic E-state index is 12.5. The minimum Gasteiger partial charge on any atom is -0.412 e. The number of sulfonamides is 1. The summed E-state index contributed by atoms with van der Waals surface area (Å²) in [5.74, 6) is 0.392. The fourth-order valence-corrected chi connectivity index (χ4v) is 4.66. The van der Waals surface area contributed by atoms with Crippen molar-refractivity contribution in [1.29, 1.82) is 0 Å². The maximum absolute atomic E-state index is 12.5. The van der Waals surface area contributed by atoms with Gasteiger partial charge in [0.1, 0.15) is 12.1 Å². The van der Waals surface area contributed by atoms with Crippen LogP contribution in [0.15, 0.2) is 78.1 Å². The Balaban J connectivity index is 0.00000204. The van der Waals surface area contributed by atoms with E-state index in [4.69, 9.17) is 0 Å². The number of aryl methyl sites for hydroxylation is 1. The van der Waals surface area contributed by atoms with Crippen LogP contribution in [0.3, 0.4) is 0 Å². The summed E-state index contributed by atoms with van der Waals surface area (Å²) < 4.78 is 27.5. The summed E-state index contributed by atoms with van der Waals surface area (Å²) in [7, 11) is -3.72. The van der Waals surface area contributed by atoms with Crippen LogP contribution in [-0.2, 0) is 21.2 Å². The Bertz CT molecular complexity index is 1150. The van der Waals surface area contributed by atoms with Crippen molar-refractivity contribution < 1.29 is 21.5 Å². The van der Waals surface area contributed by atoms with Gasteiger partial charge < -0.3 is 15.3 Å². The van der Waals surface area contributed by atoms with Crippen molar-refractivity contribution in [2.24, 2.45) is 0 Å². The van der Waals surface area contributed by atoms with Crippen molar-refractivity contribution >= 4 is 27.4 Å². The normalized spacial score (nSPS) is 13.8. The number of amides is 1. The summed E-state index contributed by atoms with van der Waals surface area (Å²) in [4.78, 5) is 24.4. The van der Waals surface area contributed by atoms with E-state index in [1.54, 1.807) is 24.3 Å². The van der Waals surface area contributed by atoms with Gasteiger partial charge in [-0.2, -0.15) is 0 Å². The van der Waals surface area contributed by atoms with E-state index in [0.29, 0.717) is 32.6 Å². The molecule has 2 aromatic carbocycles. The standard InChI is InChI=1S/C23H25N5O3S.H2O.2H2/c29-23(11-6-19-4-2-1-3-5-19)28-16-14-27(15-17-28)20-7-9-21(10-8-20)32(30,31)26-22-12-13-24-18-25-22;;;/h1-5,7-10,12-13,18H,6,11,14-17H2,(H,24,25,26);1H2;2*1H. The van der Waals surface area contributed by atoms with E-state index in [9.17, 15) is 13.2 Å². The van der Waals surface area contributed by atoms with Crippen molar-refractivity contribution in [3.05, 3.63) is 78.8 Å². The van der Waals surface area contributed by atoms with E-state index in [2.05, 4.69) is 19.6 Å². The van der Waals surface area contributed by atoms with E-state index in [-0.39, 0.29) is 24.9 Å². The largest absolute Gasteiger partial charge is 0.412 e. The first-order valence-corrected chi connectivity index (χ1v) is 12.0. The predicted octanol–water partition coefficient (Wildman–Crippen LogP) is 2.23. The fraction of sp³-hybridized carbons (Fsp3) is 0.261. The molecule has 4 rings (SSSR count). The number of hydrogen-bond acceptors (Lipinski definition) is 6. The highest BCUT2D eigenvalue weighted by atomic mass is 32.2. The lowest BCUT2D eigenvalue weighted by Gasteiger charge is -2.36. The summed E-state index contributed by atoms with van der Waals surface area (Å²) in [5, 5.41) is 0. The lowest BCUT2D eigenvalue weighted by molar-refractivity contribution is -0.131. The van der Waals surface area contributed by atoms with Crippen LogP contribution in [0.5, 0.6) is 0 Å². The van der Waals surface area contributed by atoms with Gasteiger partial charge in [0.2, 0.25) is 5.91 Å². The van der Waals surface area contributed by atoms with Crippen molar-refractivity contribution in [2.45, 2.75) is 17.7 Å².